The maximum atomic E-state index is 12.0. The number of pyridine rings is 1. The Bertz CT molecular complexity index is 811. The van der Waals surface area contributed by atoms with E-state index < -0.39 is 0 Å². The first-order valence-electron chi connectivity index (χ1n) is 6.89. The predicted molar refractivity (Wildman–Crippen MR) is 83.8 cm³/mol. The van der Waals surface area contributed by atoms with Crippen LogP contribution in [0.2, 0.25) is 0 Å². The topological polar surface area (TPSA) is 57.0 Å². The SMILES string of the molecule is COc1ccc(-c2ccc(=O)n(Cc3ccccn3)n2)cc1. The zero-order valence-electron chi connectivity index (χ0n) is 12.1. The first kappa shape index (κ1) is 14.0. The Morgan fingerprint density at radius 2 is 1.86 bits per heavy atom. The van der Waals surface area contributed by atoms with Crippen LogP contribution in [-0.4, -0.2) is 21.9 Å². The van der Waals surface area contributed by atoms with Crippen LogP contribution in [0.5, 0.6) is 5.75 Å². The number of nitrogens with zero attached hydrogens (tertiary/aromatic N) is 3. The molecule has 0 bridgehead atoms. The van der Waals surface area contributed by atoms with E-state index in [1.807, 2.05) is 42.5 Å². The third-order valence-electron chi connectivity index (χ3n) is 3.29. The molecule has 0 unspecified atom stereocenters. The van der Waals surface area contributed by atoms with Gasteiger partial charge in [0.25, 0.3) is 5.56 Å². The Hall–Kier alpha value is -2.95. The predicted octanol–water partition coefficient (Wildman–Crippen LogP) is 2.36. The van der Waals surface area contributed by atoms with Crippen molar-refractivity contribution in [3.05, 3.63) is 76.8 Å². The fourth-order valence-corrected chi connectivity index (χ4v) is 2.12. The molecule has 0 saturated carbocycles. The van der Waals surface area contributed by atoms with Crippen molar-refractivity contribution >= 4 is 0 Å². The first-order chi connectivity index (χ1) is 10.8. The standard InChI is InChI=1S/C17H15N3O2/c1-22-15-7-5-13(6-8-15)16-9-10-17(21)20(19-16)12-14-4-2-3-11-18-14/h2-11H,12H2,1H3. The molecule has 0 aliphatic rings. The molecule has 3 aromatic rings. The van der Waals surface area contributed by atoms with Crippen LogP contribution in [0, 0.1) is 0 Å². The lowest BCUT2D eigenvalue weighted by molar-refractivity contribution is 0.415. The van der Waals surface area contributed by atoms with Gasteiger partial charge in [-0.25, -0.2) is 4.68 Å². The summed E-state index contributed by atoms with van der Waals surface area (Å²) in [5.41, 5.74) is 2.31. The number of hydrogen-bond acceptors (Lipinski definition) is 4. The summed E-state index contributed by atoms with van der Waals surface area (Å²) < 4.78 is 6.56. The Morgan fingerprint density at radius 3 is 2.55 bits per heavy atom. The lowest BCUT2D eigenvalue weighted by atomic mass is 10.1. The molecule has 2 aromatic heterocycles. The average Bonchev–Trinajstić information content (AvgIpc) is 2.58. The van der Waals surface area contributed by atoms with Crippen LogP contribution in [0.3, 0.4) is 0 Å². The van der Waals surface area contributed by atoms with E-state index in [1.165, 1.54) is 10.7 Å². The van der Waals surface area contributed by atoms with Crippen LogP contribution >= 0.6 is 0 Å². The largest absolute Gasteiger partial charge is 0.497 e. The van der Waals surface area contributed by atoms with E-state index in [1.54, 1.807) is 19.4 Å². The highest BCUT2D eigenvalue weighted by Crippen LogP contribution is 2.19. The van der Waals surface area contributed by atoms with Gasteiger partial charge in [0.15, 0.2) is 0 Å². The Kier molecular flexibility index (Phi) is 3.96. The highest BCUT2D eigenvalue weighted by atomic mass is 16.5. The van der Waals surface area contributed by atoms with Crippen molar-refractivity contribution < 1.29 is 4.74 Å². The van der Waals surface area contributed by atoms with Crippen LogP contribution in [0.25, 0.3) is 11.3 Å². The highest BCUT2D eigenvalue weighted by Gasteiger charge is 2.05. The number of benzene rings is 1. The maximum absolute atomic E-state index is 12.0. The second kappa shape index (κ2) is 6.22. The minimum atomic E-state index is -0.150. The van der Waals surface area contributed by atoms with Crippen molar-refractivity contribution in [3.8, 4) is 17.0 Å². The number of methoxy groups -OCH3 is 1. The molecule has 0 amide bonds. The van der Waals surface area contributed by atoms with Gasteiger partial charge in [0.05, 0.1) is 25.0 Å². The molecule has 5 nitrogen and oxygen atoms in total. The molecule has 0 atom stereocenters. The summed E-state index contributed by atoms with van der Waals surface area (Å²) >= 11 is 0. The van der Waals surface area contributed by atoms with E-state index in [-0.39, 0.29) is 5.56 Å². The summed E-state index contributed by atoms with van der Waals surface area (Å²) in [6, 6.07) is 16.4. The molecule has 0 spiro atoms. The van der Waals surface area contributed by atoms with Crippen molar-refractivity contribution in [2.75, 3.05) is 7.11 Å². The molecule has 1 aromatic carbocycles. The molecule has 0 radical (unpaired) electrons. The van der Waals surface area contributed by atoms with Crippen molar-refractivity contribution in [2.24, 2.45) is 0 Å². The smallest absolute Gasteiger partial charge is 0.267 e. The van der Waals surface area contributed by atoms with Gasteiger partial charge in [-0.3, -0.25) is 9.78 Å². The molecule has 0 aliphatic heterocycles. The lowest BCUT2D eigenvalue weighted by Gasteiger charge is -2.07. The normalized spacial score (nSPS) is 10.4. The summed E-state index contributed by atoms with van der Waals surface area (Å²) in [6.07, 6.45) is 1.70. The Balaban J connectivity index is 1.93. The first-order valence-corrected chi connectivity index (χ1v) is 6.89. The Morgan fingerprint density at radius 1 is 1.05 bits per heavy atom. The van der Waals surface area contributed by atoms with Crippen LogP contribution in [0.15, 0.2) is 65.6 Å². The maximum Gasteiger partial charge on any atom is 0.267 e. The van der Waals surface area contributed by atoms with Gasteiger partial charge in [0, 0.05) is 17.8 Å². The van der Waals surface area contributed by atoms with E-state index in [0.29, 0.717) is 6.54 Å². The van der Waals surface area contributed by atoms with E-state index in [4.69, 9.17) is 4.74 Å². The molecule has 0 N–H and O–H groups in total. The van der Waals surface area contributed by atoms with Crippen LogP contribution < -0.4 is 10.3 Å². The van der Waals surface area contributed by atoms with Crippen molar-refractivity contribution in [3.63, 3.8) is 0 Å². The quantitative estimate of drug-likeness (QED) is 0.741. The zero-order valence-corrected chi connectivity index (χ0v) is 12.1. The second-order valence-electron chi connectivity index (χ2n) is 4.76. The summed E-state index contributed by atoms with van der Waals surface area (Å²) in [7, 11) is 1.63. The number of hydrogen-bond donors (Lipinski definition) is 0. The van der Waals surface area contributed by atoms with Gasteiger partial charge in [-0.1, -0.05) is 6.07 Å². The zero-order chi connectivity index (χ0) is 15.4. The van der Waals surface area contributed by atoms with Gasteiger partial charge in [0.2, 0.25) is 0 Å². The number of aromatic nitrogens is 3. The molecule has 2 heterocycles. The van der Waals surface area contributed by atoms with Gasteiger partial charge in [-0.2, -0.15) is 5.10 Å². The van der Waals surface area contributed by atoms with E-state index >= 15 is 0 Å². The van der Waals surface area contributed by atoms with E-state index in [0.717, 1.165) is 22.7 Å². The summed E-state index contributed by atoms with van der Waals surface area (Å²) in [6.45, 7) is 0.351. The molecule has 0 aliphatic carbocycles. The fourth-order valence-electron chi connectivity index (χ4n) is 2.12. The highest BCUT2D eigenvalue weighted by molar-refractivity contribution is 5.59. The van der Waals surface area contributed by atoms with Crippen LogP contribution in [0.1, 0.15) is 5.69 Å². The fraction of sp³-hybridized carbons (Fsp3) is 0.118. The summed E-state index contributed by atoms with van der Waals surface area (Å²) in [5.74, 6) is 0.783. The summed E-state index contributed by atoms with van der Waals surface area (Å²) in [4.78, 5) is 16.2. The van der Waals surface area contributed by atoms with Gasteiger partial charge in [0.1, 0.15) is 5.75 Å². The molecule has 110 valence electrons. The minimum Gasteiger partial charge on any atom is -0.497 e. The van der Waals surface area contributed by atoms with Crippen molar-refractivity contribution in [1.29, 1.82) is 0 Å². The lowest BCUT2D eigenvalue weighted by Crippen LogP contribution is -2.23. The van der Waals surface area contributed by atoms with Crippen LogP contribution in [0.4, 0.5) is 0 Å². The average molecular weight is 293 g/mol. The molecule has 0 saturated heterocycles. The van der Waals surface area contributed by atoms with Gasteiger partial charge in [-0.05, 0) is 42.5 Å². The van der Waals surface area contributed by atoms with Crippen molar-refractivity contribution in [2.45, 2.75) is 6.54 Å². The molecule has 5 heteroatoms. The molecular formula is C17H15N3O2. The Labute approximate surface area is 127 Å². The minimum absolute atomic E-state index is 0.150. The molecular weight excluding hydrogens is 278 g/mol. The molecule has 0 fully saturated rings. The monoisotopic (exact) mass is 293 g/mol. The third-order valence-corrected chi connectivity index (χ3v) is 3.29. The molecule has 3 rings (SSSR count). The second-order valence-corrected chi connectivity index (χ2v) is 4.76. The van der Waals surface area contributed by atoms with Gasteiger partial charge >= 0.3 is 0 Å². The number of ether oxygens (including phenoxy) is 1. The summed E-state index contributed by atoms with van der Waals surface area (Å²) in [5, 5.41) is 4.42. The van der Waals surface area contributed by atoms with Gasteiger partial charge < -0.3 is 4.74 Å². The third kappa shape index (κ3) is 3.03. The van der Waals surface area contributed by atoms with E-state index in [9.17, 15) is 4.79 Å². The van der Waals surface area contributed by atoms with E-state index in [2.05, 4.69) is 10.1 Å². The van der Waals surface area contributed by atoms with Crippen LogP contribution in [-0.2, 0) is 6.54 Å². The number of rotatable bonds is 4. The molecule has 22 heavy (non-hydrogen) atoms. The van der Waals surface area contributed by atoms with Crippen molar-refractivity contribution in [1.82, 2.24) is 14.8 Å². The van der Waals surface area contributed by atoms with Gasteiger partial charge in [-0.15, -0.1) is 0 Å².